The van der Waals surface area contributed by atoms with Gasteiger partial charge in [-0.05, 0) is 30.7 Å². The van der Waals surface area contributed by atoms with Gasteiger partial charge in [0.05, 0.1) is 27.8 Å². The van der Waals surface area contributed by atoms with Crippen molar-refractivity contribution in [3.05, 3.63) is 72.4 Å². The van der Waals surface area contributed by atoms with Crippen molar-refractivity contribution in [2.45, 2.75) is 12.8 Å². The average molecular weight is 376 g/mol. The molecule has 0 spiro atoms. The van der Waals surface area contributed by atoms with Crippen LogP contribution in [0.1, 0.15) is 11.5 Å². The summed E-state index contributed by atoms with van der Waals surface area (Å²) in [5, 5.41) is 1.12. The number of pyridine rings is 1. The molecule has 3 heterocycles. The van der Waals surface area contributed by atoms with Crippen LogP contribution in [0.25, 0.3) is 33.0 Å². The summed E-state index contributed by atoms with van der Waals surface area (Å²) in [5.74, 6) is 1.04. The van der Waals surface area contributed by atoms with Crippen molar-refractivity contribution in [1.29, 1.82) is 0 Å². The van der Waals surface area contributed by atoms with E-state index < -0.39 is 0 Å². The Morgan fingerprint density at radius 2 is 1.67 bits per heavy atom. The molecule has 0 unspecified atom stereocenters. The molecule has 0 saturated heterocycles. The first-order valence-electron chi connectivity index (χ1n) is 8.69. The molecule has 2 aromatic carbocycles. The lowest BCUT2D eigenvalue weighted by atomic mass is 10.2. The fourth-order valence-electron chi connectivity index (χ4n) is 3.42. The summed E-state index contributed by atoms with van der Waals surface area (Å²) >= 11 is 0. The van der Waals surface area contributed by atoms with Crippen LogP contribution in [0, 0.1) is 0 Å². The van der Waals surface area contributed by atoms with Crippen LogP contribution in [0.3, 0.4) is 0 Å². The molecule has 134 valence electrons. The van der Waals surface area contributed by atoms with Crippen LogP contribution in [-0.2, 0) is 19.9 Å². The van der Waals surface area contributed by atoms with E-state index in [0.29, 0.717) is 0 Å². The van der Waals surface area contributed by atoms with Crippen molar-refractivity contribution in [2.75, 3.05) is 0 Å². The zero-order valence-corrected chi connectivity index (χ0v) is 15.6. The van der Waals surface area contributed by atoms with Gasteiger partial charge in [0.2, 0.25) is 0 Å². The van der Waals surface area contributed by atoms with Gasteiger partial charge in [0.25, 0.3) is 0 Å². The molecule has 0 aliphatic carbocycles. The molecule has 0 fully saturated rings. The van der Waals surface area contributed by atoms with Crippen LogP contribution in [0.2, 0.25) is 0 Å². The lowest BCUT2D eigenvalue weighted by molar-refractivity contribution is 0.775. The van der Waals surface area contributed by atoms with Gasteiger partial charge in [-0.15, -0.1) is 12.4 Å². The van der Waals surface area contributed by atoms with E-state index in [0.717, 1.165) is 57.3 Å². The highest BCUT2D eigenvalue weighted by molar-refractivity contribution is 6.01. The summed E-state index contributed by atoms with van der Waals surface area (Å²) in [6.07, 6.45) is 5.30. The summed E-state index contributed by atoms with van der Waals surface area (Å²) < 4.78 is 2.15. The topological polar surface area (TPSA) is 56.5 Å². The van der Waals surface area contributed by atoms with Gasteiger partial charge >= 0.3 is 0 Å². The molecule has 3 aromatic heterocycles. The minimum atomic E-state index is 0. The SMILES string of the molecule is Cl.Cn1c(CCc2cnc3ccccc3n2)nc2c3ncccc3ccc21. The first-order valence-corrected chi connectivity index (χ1v) is 8.69. The maximum atomic E-state index is 4.87. The Balaban J connectivity index is 0.00000180. The van der Waals surface area contributed by atoms with E-state index in [9.17, 15) is 0 Å². The van der Waals surface area contributed by atoms with Crippen molar-refractivity contribution in [1.82, 2.24) is 24.5 Å². The third-order valence-electron chi connectivity index (χ3n) is 4.82. The van der Waals surface area contributed by atoms with Gasteiger partial charge in [0.1, 0.15) is 11.3 Å². The van der Waals surface area contributed by atoms with Crippen LogP contribution in [0.15, 0.2) is 60.9 Å². The van der Waals surface area contributed by atoms with Gasteiger partial charge in [-0.1, -0.05) is 24.3 Å². The highest BCUT2D eigenvalue weighted by Crippen LogP contribution is 2.24. The van der Waals surface area contributed by atoms with E-state index in [4.69, 9.17) is 9.97 Å². The van der Waals surface area contributed by atoms with Crippen molar-refractivity contribution < 1.29 is 0 Å². The summed E-state index contributed by atoms with van der Waals surface area (Å²) in [6.45, 7) is 0. The zero-order valence-electron chi connectivity index (χ0n) is 14.8. The summed E-state index contributed by atoms with van der Waals surface area (Å²) in [6, 6.07) is 16.2. The van der Waals surface area contributed by atoms with Crippen molar-refractivity contribution in [3.8, 4) is 0 Å². The number of rotatable bonds is 3. The predicted octanol–water partition coefficient (Wildman–Crippen LogP) is 4.27. The minimum absolute atomic E-state index is 0. The lowest BCUT2D eigenvalue weighted by Gasteiger charge is -2.04. The highest BCUT2D eigenvalue weighted by Gasteiger charge is 2.12. The number of aromatic nitrogens is 5. The standard InChI is InChI=1S/C21H17N5.ClH/c1-26-18-10-8-14-5-4-12-22-20(14)21(18)25-19(26)11-9-15-13-23-16-6-2-3-7-17(16)24-15;/h2-8,10,12-13H,9,11H2,1H3;1H. The lowest BCUT2D eigenvalue weighted by Crippen LogP contribution is -2.02. The smallest absolute Gasteiger partial charge is 0.115 e. The monoisotopic (exact) mass is 375 g/mol. The van der Waals surface area contributed by atoms with Gasteiger partial charge < -0.3 is 4.57 Å². The largest absolute Gasteiger partial charge is 0.331 e. The molecular weight excluding hydrogens is 358 g/mol. The zero-order chi connectivity index (χ0) is 17.5. The fourth-order valence-corrected chi connectivity index (χ4v) is 3.42. The van der Waals surface area contributed by atoms with Crippen LogP contribution in [0.4, 0.5) is 0 Å². The Bertz CT molecular complexity index is 1260. The number of hydrogen-bond donors (Lipinski definition) is 0. The third-order valence-corrected chi connectivity index (χ3v) is 4.82. The summed E-state index contributed by atoms with van der Waals surface area (Å²) in [4.78, 5) is 18.6. The second kappa shape index (κ2) is 6.93. The van der Waals surface area contributed by atoms with Gasteiger partial charge in [-0.25, -0.2) is 9.97 Å². The van der Waals surface area contributed by atoms with E-state index in [2.05, 4.69) is 39.8 Å². The van der Waals surface area contributed by atoms with E-state index >= 15 is 0 Å². The molecule has 0 saturated carbocycles. The van der Waals surface area contributed by atoms with E-state index in [1.165, 1.54) is 0 Å². The maximum Gasteiger partial charge on any atom is 0.115 e. The molecular formula is C21H18ClN5. The molecule has 5 aromatic rings. The summed E-state index contributed by atoms with van der Waals surface area (Å²) in [5.41, 5.74) is 5.87. The summed E-state index contributed by atoms with van der Waals surface area (Å²) in [7, 11) is 2.06. The van der Waals surface area contributed by atoms with Gasteiger partial charge in [0.15, 0.2) is 0 Å². The first kappa shape index (κ1) is 17.4. The van der Waals surface area contributed by atoms with Gasteiger partial charge in [-0.3, -0.25) is 9.97 Å². The molecule has 0 aliphatic rings. The second-order valence-corrected chi connectivity index (χ2v) is 6.45. The molecule has 0 atom stereocenters. The van der Waals surface area contributed by atoms with E-state index in [1.54, 1.807) is 0 Å². The predicted molar refractivity (Wildman–Crippen MR) is 110 cm³/mol. The number of halogens is 1. The molecule has 6 heteroatoms. The molecule has 0 amide bonds. The molecule has 0 aliphatic heterocycles. The van der Waals surface area contributed by atoms with Crippen LogP contribution < -0.4 is 0 Å². The van der Waals surface area contributed by atoms with Crippen LogP contribution >= 0.6 is 12.4 Å². The number of hydrogen-bond acceptors (Lipinski definition) is 4. The number of imidazole rings is 1. The molecule has 5 rings (SSSR count). The average Bonchev–Trinajstić information content (AvgIpc) is 3.02. The van der Waals surface area contributed by atoms with Crippen molar-refractivity contribution >= 4 is 45.4 Å². The molecule has 0 bridgehead atoms. The first-order chi connectivity index (χ1) is 12.8. The molecule has 5 nitrogen and oxygen atoms in total. The van der Waals surface area contributed by atoms with Gasteiger partial charge in [-0.2, -0.15) is 0 Å². The number of aryl methyl sites for hydroxylation is 3. The Morgan fingerprint density at radius 3 is 2.56 bits per heavy atom. The quantitative estimate of drug-likeness (QED) is 0.472. The van der Waals surface area contributed by atoms with Crippen molar-refractivity contribution in [2.24, 2.45) is 7.05 Å². The Labute approximate surface area is 162 Å². The Morgan fingerprint density at radius 1 is 0.815 bits per heavy atom. The Kier molecular flexibility index (Phi) is 4.46. The van der Waals surface area contributed by atoms with E-state index in [1.807, 2.05) is 42.7 Å². The second-order valence-electron chi connectivity index (χ2n) is 6.45. The van der Waals surface area contributed by atoms with Crippen molar-refractivity contribution in [3.63, 3.8) is 0 Å². The molecule has 27 heavy (non-hydrogen) atoms. The maximum absolute atomic E-state index is 4.87. The fraction of sp³-hybridized carbons (Fsp3) is 0.143. The van der Waals surface area contributed by atoms with Gasteiger partial charge in [0, 0.05) is 31.2 Å². The molecule has 0 radical (unpaired) electrons. The number of fused-ring (bicyclic) bond motifs is 4. The molecule has 0 N–H and O–H groups in total. The number of para-hydroxylation sites is 2. The highest BCUT2D eigenvalue weighted by atomic mass is 35.5. The Hall–Kier alpha value is -3.05. The van der Waals surface area contributed by atoms with Crippen LogP contribution in [-0.4, -0.2) is 24.5 Å². The number of benzene rings is 2. The number of nitrogens with zero attached hydrogens (tertiary/aromatic N) is 5. The normalized spacial score (nSPS) is 11.1. The third kappa shape index (κ3) is 3.00. The van der Waals surface area contributed by atoms with E-state index in [-0.39, 0.29) is 12.4 Å². The minimum Gasteiger partial charge on any atom is -0.331 e. The van der Waals surface area contributed by atoms with Crippen LogP contribution in [0.5, 0.6) is 0 Å².